The summed E-state index contributed by atoms with van der Waals surface area (Å²) in [6.07, 6.45) is 8.05. The van der Waals surface area contributed by atoms with Crippen molar-refractivity contribution < 1.29 is 0 Å². The molecule has 0 radical (unpaired) electrons. The van der Waals surface area contributed by atoms with E-state index in [1.165, 1.54) is 18.4 Å². The van der Waals surface area contributed by atoms with Gasteiger partial charge in [-0.3, -0.25) is 0 Å². The van der Waals surface area contributed by atoms with Gasteiger partial charge in [0.05, 0.1) is 0 Å². The lowest BCUT2D eigenvalue weighted by Crippen LogP contribution is -2.36. The van der Waals surface area contributed by atoms with Crippen LogP contribution in [0.25, 0.3) is 0 Å². The van der Waals surface area contributed by atoms with E-state index in [1.54, 1.807) is 0 Å². The molecule has 1 atom stereocenters. The fraction of sp³-hybridized carbons (Fsp3) is 0.429. The summed E-state index contributed by atoms with van der Waals surface area (Å²) in [6, 6.07) is 11.9. The van der Waals surface area contributed by atoms with Gasteiger partial charge in [0.25, 0.3) is 0 Å². The summed E-state index contributed by atoms with van der Waals surface area (Å²) in [7, 11) is 0. The quantitative estimate of drug-likeness (QED) is 0.739. The minimum absolute atomic E-state index is 0.567. The van der Waals surface area contributed by atoms with Crippen LogP contribution in [0.15, 0.2) is 42.5 Å². The van der Waals surface area contributed by atoms with Gasteiger partial charge in [-0.25, -0.2) is 0 Å². The summed E-state index contributed by atoms with van der Waals surface area (Å²) >= 11 is 0. The summed E-state index contributed by atoms with van der Waals surface area (Å²) in [4.78, 5) is 0. The number of hydrogen-bond acceptors (Lipinski definition) is 1. The van der Waals surface area contributed by atoms with Crippen molar-refractivity contribution >= 4 is 0 Å². The van der Waals surface area contributed by atoms with Crippen LogP contribution >= 0.6 is 0 Å². The lowest BCUT2D eigenvalue weighted by molar-refractivity contribution is 0.457. The van der Waals surface area contributed by atoms with Crippen molar-refractivity contribution in [1.29, 1.82) is 0 Å². The highest BCUT2D eigenvalue weighted by Gasteiger charge is 2.12. The fourth-order valence-electron chi connectivity index (χ4n) is 2.18. The van der Waals surface area contributed by atoms with Crippen LogP contribution in [0.2, 0.25) is 0 Å². The number of hydrogen-bond donors (Lipinski definition) is 1. The third-order valence-electron chi connectivity index (χ3n) is 2.91. The Morgan fingerprint density at radius 1 is 1.20 bits per heavy atom. The Bertz CT molecular complexity index is 307. The second-order valence-corrected chi connectivity index (χ2v) is 4.40. The zero-order valence-electron chi connectivity index (χ0n) is 9.32. The molecule has 1 aliphatic rings. The molecule has 0 spiro atoms. The first-order valence-electron chi connectivity index (χ1n) is 5.79. The monoisotopic (exact) mass is 201 g/mol. The molecule has 0 bridgehead atoms. The van der Waals surface area contributed by atoms with E-state index in [4.69, 9.17) is 0 Å². The summed E-state index contributed by atoms with van der Waals surface area (Å²) in [5.74, 6) is 0. The van der Waals surface area contributed by atoms with Crippen molar-refractivity contribution in [3.63, 3.8) is 0 Å². The highest BCUT2D eigenvalue weighted by Crippen LogP contribution is 2.11. The maximum absolute atomic E-state index is 3.66. The van der Waals surface area contributed by atoms with Crippen molar-refractivity contribution in [3.05, 3.63) is 48.0 Å². The predicted octanol–water partition coefficient (Wildman–Crippen LogP) is 2.93. The fourth-order valence-corrected chi connectivity index (χ4v) is 2.18. The largest absolute Gasteiger partial charge is 0.311 e. The summed E-state index contributed by atoms with van der Waals surface area (Å²) in [6.45, 7) is 2.27. The molecule has 15 heavy (non-hydrogen) atoms. The van der Waals surface area contributed by atoms with E-state index >= 15 is 0 Å². The Kier molecular flexibility index (Phi) is 3.57. The molecule has 1 aromatic carbocycles. The Labute approximate surface area is 92.2 Å². The van der Waals surface area contributed by atoms with Crippen LogP contribution in [0.1, 0.15) is 25.3 Å². The highest BCUT2D eigenvalue weighted by atomic mass is 14.9. The average molecular weight is 201 g/mol. The first kappa shape index (κ1) is 10.4. The van der Waals surface area contributed by atoms with Crippen LogP contribution in [0.3, 0.4) is 0 Å². The molecule has 80 valence electrons. The molecule has 1 heteroatoms. The minimum Gasteiger partial charge on any atom is -0.311 e. The summed E-state index contributed by atoms with van der Waals surface area (Å²) in [5.41, 5.74) is 1.42. The van der Waals surface area contributed by atoms with Gasteiger partial charge in [0.1, 0.15) is 0 Å². The van der Waals surface area contributed by atoms with E-state index in [0.29, 0.717) is 12.1 Å². The van der Waals surface area contributed by atoms with Crippen molar-refractivity contribution in [2.24, 2.45) is 0 Å². The van der Waals surface area contributed by atoms with Gasteiger partial charge < -0.3 is 5.32 Å². The number of nitrogens with one attached hydrogen (secondary N) is 1. The molecule has 0 saturated carbocycles. The molecular formula is C14H19N. The van der Waals surface area contributed by atoms with Crippen LogP contribution in [-0.2, 0) is 6.42 Å². The zero-order chi connectivity index (χ0) is 10.5. The molecule has 1 aliphatic carbocycles. The second kappa shape index (κ2) is 5.13. The van der Waals surface area contributed by atoms with E-state index in [-0.39, 0.29) is 0 Å². The molecule has 0 fully saturated rings. The normalized spacial score (nSPS) is 18.2. The predicted molar refractivity (Wildman–Crippen MR) is 64.9 cm³/mol. The maximum Gasteiger partial charge on any atom is 0.0139 e. The van der Waals surface area contributed by atoms with Gasteiger partial charge in [0.2, 0.25) is 0 Å². The molecule has 1 nitrogen and oxygen atoms in total. The van der Waals surface area contributed by atoms with Gasteiger partial charge in [-0.15, -0.1) is 0 Å². The van der Waals surface area contributed by atoms with Gasteiger partial charge in [-0.1, -0.05) is 42.5 Å². The smallest absolute Gasteiger partial charge is 0.0139 e. The van der Waals surface area contributed by atoms with Gasteiger partial charge in [-0.2, -0.15) is 0 Å². The molecule has 0 amide bonds. The minimum atomic E-state index is 0.567. The summed E-state index contributed by atoms with van der Waals surface area (Å²) < 4.78 is 0. The van der Waals surface area contributed by atoms with E-state index in [2.05, 4.69) is 54.7 Å². The van der Waals surface area contributed by atoms with Crippen LogP contribution in [0, 0.1) is 0 Å². The molecule has 1 N–H and O–H groups in total. The van der Waals surface area contributed by atoms with Crippen molar-refractivity contribution in [1.82, 2.24) is 5.32 Å². The molecule has 0 aliphatic heterocycles. The van der Waals surface area contributed by atoms with E-state index in [9.17, 15) is 0 Å². The third kappa shape index (κ3) is 3.21. The second-order valence-electron chi connectivity index (χ2n) is 4.40. The van der Waals surface area contributed by atoms with E-state index in [0.717, 1.165) is 6.42 Å². The van der Waals surface area contributed by atoms with Crippen molar-refractivity contribution in [3.8, 4) is 0 Å². The molecule has 1 unspecified atom stereocenters. The molecule has 0 saturated heterocycles. The number of benzene rings is 1. The lowest BCUT2D eigenvalue weighted by atomic mass is 10.1. The molecular weight excluding hydrogens is 182 g/mol. The molecule has 2 rings (SSSR count). The highest BCUT2D eigenvalue weighted by molar-refractivity contribution is 5.15. The van der Waals surface area contributed by atoms with Crippen LogP contribution in [-0.4, -0.2) is 12.1 Å². The molecule has 1 aromatic rings. The van der Waals surface area contributed by atoms with E-state index in [1.807, 2.05) is 0 Å². The lowest BCUT2D eigenvalue weighted by Gasteiger charge is -2.19. The Balaban J connectivity index is 1.79. The standard InChI is InChI=1S/C14H19N/c1-12(15-14-9-5-6-10-14)11-13-7-3-2-4-8-13/h2-8,12,14-15H,9-11H2,1H3. The van der Waals surface area contributed by atoms with Crippen molar-refractivity contribution in [2.45, 2.75) is 38.3 Å². The Hall–Kier alpha value is -1.08. The Morgan fingerprint density at radius 2 is 1.87 bits per heavy atom. The SMILES string of the molecule is CC(Cc1ccccc1)NC1CC=CC1. The third-order valence-corrected chi connectivity index (χ3v) is 2.91. The van der Waals surface area contributed by atoms with Crippen LogP contribution < -0.4 is 5.32 Å². The van der Waals surface area contributed by atoms with E-state index < -0.39 is 0 Å². The Morgan fingerprint density at radius 3 is 2.53 bits per heavy atom. The van der Waals surface area contributed by atoms with Gasteiger partial charge in [0.15, 0.2) is 0 Å². The van der Waals surface area contributed by atoms with Crippen LogP contribution in [0.5, 0.6) is 0 Å². The average Bonchev–Trinajstić information content (AvgIpc) is 2.71. The van der Waals surface area contributed by atoms with Crippen LogP contribution in [0.4, 0.5) is 0 Å². The van der Waals surface area contributed by atoms with Gasteiger partial charge >= 0.3 is 0 Å². The maximum atomic E-state index is 3.66. The molecule has 0 aromatic heterocycles. The van der Waals surface area contributed by atoms with Gasteiger partial charge in [-0.05, 0) is 31.7 Å². The van der Waals surface area contributed by atoms with Gasteiger partial charge in [0, 0.05) is 12.1 Å². The zero-order valence-corrected chi connectivity index (χ0v) is 9.32. The van der Waals surface area contributed by atoms with Crippen molar-refractivity contribution in [2.75, 3.05) is 0 Å². The topological polar surface area (TPSA) is 12.0 Å². The number of rotatable bonds is 4. The molecule has 0 heterocycles. The first-order chi connectivity index (χ1) is 7.34. The summed E-state index contributed by atoms with van der Waals surface area (Å²) in [5, 5.41) is 3.66. The first-order valence-corrected chi connectivity index (χ1v) is 5.79.